The van der Waals surface area contributed by atoms with Crippen LogP contribution in [0.4, 0.5) is 11.5 Å². The summed E-state index contributed by atoms with van der Waals surface area (Å²) in [7, 11) is 0. The van der Waals surface area contributed by atoms with Crippen LogP contribution >= 0.6 is 11.6 Å². The normalized spacial score (nSPS) is 10.7. The van der Waals surface area contributed by atoms with Crippen molar-refractivity contribution in [2.45, 2.75) is 12.8 Å². The average molecular weight is 421 g/mol. The number of halogens is 1. The van der Waals surface area contributed by atoms with Crippen LogP contribution in [0.3, 0.4) is 0 Å². The molecule has 0 atom stereocenters. The summed E-state index contributed by atoms with van der Waals surface area (Å²) in [5, 5.41) is 5.98. The Morgan fingerprint density at radius 3 is 2.77 bits per heavy atom. The van der Waals surface area contributed by atoms with Gasteiger partial charge in [0, 0.05) is 36.5 Å². The lowest BCUT2D eigenvalue weighted by Crippen LogP contribution is -2.15. The highest BCUT2D eigenvalue weighted by Gasteiger charge is 2.10. The van der Waals surface area contributed by atoms with E-state index in [2.05, 4.69) is 30.6 Å². The van der Waals surface area contributed by atoms with Crippen molar-refractivity contribution in [3.05, 3.63) is 77.5 Å². The van der Waals surface area contributed by atoms with Crippen molar-refractivity contribution in [1.82, 2.24) is 19.9 Å². The first kappa shape index (κ1) is 19.5. The highest BCUT2D eigenvalue weighted by atomic mass is 35.5. The predicted octanol–water partition coefficient (Wildman–Crippen LogP) is 3.83. The van der Waals surface area contributed by atoms with Crippen LogP contribution in [0.2, 0.25) is 5.02 Å². The van der Waals surface area contributed by atoms with Crippen LogP contribution in [0.5, 0.6) is 0 Å². The zero-order chi connectivity index (χ0) is 20.9. The molecule has 4 rings (SSSR count). The van der Waals surface area contributed by atoms with Gasteiger partial charge in [-0.25, -0.2) is 9.97 Å². The molecule has 0 bridgehead atoms. The summed E-state index contributed by atoms with van der Waals surface area (Å²) in [6.45, 7) is 0. The van der Waals surface area contributed by atoms with E-state index in [1.165, 1.54) is 6.20 Å². The van der Waals surface area contributed by atoms with Crippen molar-refractivity contribution in [3.63, 3.8) is 0 Å². The molecule has 8 nitrogen and oxygen atoms in total. The number of anilines is 2. The minimum Gasteiger partial charge on any atom is -0.341 e. The SMILES string of the molecule is O=C(CCc1nc2ccncc2[nH]1)Nc1cccc(C(=O)Nc2ccc(Cl)cn2)c1. The summed E-state index contributed by atoms with van der Waals surface area (Å²) in [6.07, 6.45) is 5.53. The molecular weight excluding hydrogens is 404 g/mol. The number of nitrogens with zero attached hydrogens (tertiary/aromatic N) is 3. The van der Waals surface area contributed by atoms with Crippen molar-refractivity contribution in [1.29, 1.82) is 0 Å². The van der Waals surface area contributed by atoms with E-state index in [1.54, 1.807) is 48.8 Å². The van der Waals surface area contributed by atoms with Gasteiger partial charge in [-0.05, 0) is 36.4 Å². The number of aromatic amines is 1. The van der Waals surface area contributed by atoms with Gasteiger partial charge in [-0.15, -0.1) is 0 Å². The van der Waals surface area contributed by atoms with Gasteiger partial charge in [0.15, 0.2) is 0 Å². The number of aryl methyl sites for hydroxylation is 1. The summed E-state index contributed by atoms with van der Waals surface area (Å²) >= 11 is 5.80. The lowest BCUT2D eigenvalue weighted by Gasteiger charge is -2.08. The van der Waals surface area contributed by atoms with Crippen LogP contribution in [0.15, 0.2) is 61.1 Å². The number of pyridine rings is 2. The lowest BCUT2D eigenvalue weighted by atomic mass is 10.2. The smallest absolute Gasteiger partial charge is 0.256 e. The van der Waals surface area contributed by atoms with Gasteiger partial charge < -0.3 is 15.6 Å². The number of carbonyl (C=O) groups excluding carboxylic acids is 2. The third kappa shape index (κ3) is 4.79. The maximum Gasteiger partial charge on any atom is 0.256 e. The highest BCUT2D eigenvalue weighted by molar-refractivity contribution is 6.30. The van der Waals surface area contributed by atoms with Gasteiger partial charge >= 0.3 is 0 Å². The van der Waals surface area contributed by atoms with Crippen molar-refractivity contribution >= 4 is 46.0 Å². The van der Waals surface area contributed by atoms with Crippen LogP contribution < -0.4 is 10.6 Å². The van der Waals surface area contributed by atoms with E-state index in [4.69, 9.17) is 11.6 Å². The molecule has 0 unspecified atom stereocenters. The Morgan fingerprint density at radius 1 is 1.07 bits per heavy atom. The van der Waals surface area contributed by atoms with E-state index in [9.17, 15) is 9.59 Å². The zero-order valence-corrected chi connectivity index (χ0v) is 16.5. The largest absolute Gasteiger partial charge is 0.341 e. The fourth-order valence-corrected chi connectivity index (χ4v) is 2.97. The van der Waals surface area contributed by atoms with Crippen molar-refractivity contribution in [2.24, 2.45) is 0 Å². The Bertz CT molecular complexity index is 1170. The molecule has 3 N–H and O–H groups in total. The summed E-state index contributed by atoms with van der Waals surface area (Å²) in [5.41, 5.74) is 2.58. The standard InChI is InChI=1S/C21H17ClN6O2/c22-14-4-5-18(24-11-14)28-21(30)13-2-1-3-15(10-13)25-20(29)7-6-19-26-16-8-9-23-12-17(16)27-19/h1-5,8-12H,6-7H2,(H,25,29)(H,26,27)(H,24,28,30). The number of nitrogens with one attached hydrogen (secondary N) is 3. The van der Waals surface area contributed by atoms with Gasteiger partial charge in [0.1, 0.15) is 11.6 Å². The molecule has 9 heteroatoms. The van der Waals surface area contributed by atoms with Crippen LogP contribution in [-0.2, 0) is 11.2 Å². The Balaban J connectivity index is 1.35. The number of hydrogen-bond donors (Lipinski definition) is 3. The maximum atomic E-state index is 12.4. The third-order valence-corrected chi connectivity index (χ3v) is 4.52. The molecule has 2 amide bonds. The second-order valence-corrected chi connectivity index (χ2v) is 6.96. The molecule has 3 aromatic heterocycles. The maximum absolute atomic E-state index is 12.4. The molecule has 0 saturated carbocycles. The number of amides is 2. The summed E-state index contributed by atoms with van der Waals surface area (Å²) in [5.74, 6) is 0.596. The van der Waals surface area contributed by atoms with E-state index in [0.29, 0.717) is 28.5 Å². The number of carbonyl (C=O) groups is 2. The molecule has 0 spiro atoms. The Morgan fingerprint density at radius 2 is 1.97 bits per heavy atom. The number of hydrogen-bond acceptors (Lipinski definition) is 5. The summed E-state index contributed by atoms with van der Waals surface area (Å²) in [4.78, 5) is 40.4. The van der Waals surface area contributed by atoms with Crippen molar-refractivity contribution in [2.75, 3.05) is 10.6 Å². The molecule has 150 valence electrons. The lowest BCUT2D eigenvalue weighted by molar-refractivity contribution is -0.116. The molecule has 0 radical (unpaired) electrons. The van der Waals surface area contributed by atoms with Gasteiger partial charge in [0.2, 0.25) is 5.91 Å². The zero-order valence-electron chi connectivity index (χ0n) is 15.7. The van der Waals surface area contributed by atoms with Crippen molar-refractivity contribution in [3.8, 4) is 0 Å². The summed E-state index contributed by atoms with van der Waals surface area (Å²) < 4.78 is 0. The van der Waals surface area contributed by atoms with Crippen LogP contribution in [0.25, 0.3) is 11.0 Å². The van der Waals surface area contributed by atoms with Crippen LogP contribution in [-0.4, -0.2) is 31.8 Å². The van der Waals surface area contributed by atoms with Gasteiger partial charge in [0.05, 0.1) is 22.3 Å². The molecule has 0 aliphatic heterocycles. The summed E-state index contributed by atoms with van der Waals surface area (Å²) in [6, 6.07) is 11.7. The molecule has 3 heterocycles. The number of aromatic nitrogens is 4. The van der Waals surface area contributed by atoms with Crippen molar-refractivity contribution < 1.29 is 9.59 Å². The van der Waals surface area contributed by atoms with Crippen LogP contribution in [0.1, 0.15) is 22.6 Å². The Labute approximate surface area is 176 Å². The van der Waals surface area contributed by atoms with E-state index >= 15 is 0 Å². The van der Waals surface area contributed by atoms with E-state index in [1.807, 2.05) is 6.07 Å². The van der Waals surface area contributed by atoms with Gasteiger partial charge in [0.25, 0.3) is 5.91 Å². The average Bonchev–Trinajstić information content (AvgIpc) is 3.17. The van der Waals surface area contributed by atoms with Gasteiger partial charge in [-0.3, -0.25) is 14.6 Å². The predicted molar refractivity (Wildman–Crippen MR) is 114 cm³/mol. The number of fused-ring (bicyclic) bond motifs is 1. The Kier molecular flexibility index (Phi) is 5.67. The quantitative estimate of drug-likeness (QED) is 0.438. The fraction of sp³-hybridized carbons (Fsp3) is 0.0952. The minimum absolute atomic E-state index is 0.175. The first-order valence-corrected chi connectivity index (χ1v) is 9.56. The molecule has 0 aliphatic rings. The molecular formula is C21H17ClN6O2. The number of imidazole rings is 1. The molecule has 0 saturated heterocycles. The second-order valence-electron chi connectivity index (χ2n) is 6.52. The van der Waals surface area contributed by atoms with Crippen LogP contribution in [0, 0.1) is 0 Å². The molecule has 4 aromatic rings. The van der Waals surface area contributed by atoms with Gasteiger partial charge in [-0.2, -0.15) is 0 Å². The first-order valence-electron chi connectivity index (χ1n) is 9.18. The first-order chi connectivity index (χ1) is 14.6. The molecule has 1 aromatic carbocycles. The molecule has 0 fully saturated rings. The molecule has 0 aliphatic carbocycles. The molecule has 30 heavy (non-hydrogen) atoms. The third-order valence-electron chi connectivity index (χ3n) is 4.30. The van der Waals surface area contributed by atoms with Gasteiger partial charge in [-0.1, -0.05) is 17.7 Å². The minimum atomic E-state index is -0.336. The second kappa shape index (κ2) is 8.71. The highest BCUT2D eigenvalue weighted by Crippen LogP contribution is 2.15. The van der Waals surface area contributed by atoms with E-state index < -0.39 is 0 Å². The number of rotatable bonds is 6. The Hall–Kier alpha value is -3.78. The fourth-order valence-electron chi connectivity index (χ4n) is 2.86. The number of H-pyrrole nitrogens is 1. The van der Waals surface area contributed by atoms with E-state index in [-0.39, 0.29) is 18.2 Å². The monoisotopic (exact) mass is 420 g/mol. The van der Waals surface area contributed by atoms with E-state index in [0.717, 1.165) is 16.9 Å². The number of benzene rings is 1. The topological polar surface area (TPSA) is 113 Å².